The van der Waals surface area contributed by atoms with Crippen molar-refractivity contribution in [2.75, 3.05) is 0 Å². The van der Waals surface area contributed by atoms with E-state index in [4.69, 9.17) is 11.6 Å². The van der Waals surface area contributed by atoms with Crippen LogP contribution in [0, 0.1) is 0 Å². The maximum atomic E-state index is 11.0. The zero-order chi connectivity index (χ0) is 7.98. The highest BCUT2D eigenvalue weighted by atomic mass is 35.5. The average molecular weight is 159 g/mol. The number of halogens is 1. The van der Waals surface area contributed by atoms with Crippen molar-refractivity contribution in [3.63, 3.8) is 0 Å². The smallest absolute Gasteiger partial charge is 0.163 e. The van der Waals surface area contributed by atoms with E-state index >= 15 is 0 Å². The van der Waals surface area contributed by atoms with E-state index in [0.29, 0.717) is 12.0 Å². The van der Waals surface area contributed by atoms with Gasteiger partial charge in [0.05, 0.1) is 0 Å². The first kappa shape index (κ1) is 9.44. The molecule has 0 radical (unpaired) electrons. The molecule has 0 aromatic carbocycles. The molecule has 0 spiro atoms. The lowest BCUT2D eigenvalue weighted by Crippen LogP contribution is -1.97. The molecular weight excluding hydrogens is 148 g/mol. The van der Waals surface area contributed by atoms with Crippen molar-refractivity contribution in [1.82, 2.24) is 0 Å². The molecule has 0 saturated carbocycles. The van der Waals surface area contributed by atoms with Crippen LogP contribution in [0.3, 0.4) is 0 Å². The molecule has 2 heteroatoms. The summed E-state index contributed by atoms with van der Waals surface area (Å²) in [6.07, 6.45) is 2.87. The quantitative estimate of drug-likeness (QED) is 0.454. The zero-order valence-corrected chi connectivity index (χ0v) is 6.82. The van der Waals surface area contributed by atoms with Crippen LogP contribution in [0.2, 0.25) is 0 Å². The van der Waals surface area contributed by atoms with Crippen molar-refractivity contribution >= 4 is 17.4 Å². The molecule has 0 aromatic heterocycles. The molecule has 0 aliphatic rings. The Labute approximate surface area is 66.4 Å². The van der Waals surface area contributed by atoms with Gasteiger partial charge in [0.1, 0.15) is 0 Å². The minimum absolute atomic E-state index is 0.0625. The molecule has 1 nitrogen and oxygen atoms in total. The highest BCUT2D eigenvalue weighted by Gasteiger charge is 2.02. The third-order valence-corrected chi connectivity index (χ3v) is 1.37. The van der Waals surface area contributed by atoms with E-state index in [1.54, 1.807) is 0 Å². The molecule has 0 saturated heterocycles. The third kappa shape index (κ3) is 2.83. The molecular formula is C8H11ClO. The van der Waals surface area contributed by atoms with Gasteiger partial charge in [-0.25, -0.2) is 0 Å². The first-order chi connectivity index (χ1) is 4.76. The van der Waals surface area contributed by atoms with Crippen molar-refractivity contribution < 1.29 is 4.79 Å². The van der Waals surface area contributed by atoms with E-state index in [0.717, 1.165) is 6.42 Å². The molecule has 0 rings (SSSR count). The minimum Gasteiger partial charge on any atom is -0.294 e. The number of ketones is 1. The van der Waals surface area contributed by atoms with Gasteiger partial charge in [-0.05, 0) is 6.42 Å². The predicted octanol–water partition coefficient (Wildman–Crippen LogP) is 2.66. The second-order valence-corrected chi connectivity index (χ2v) is 2.16. The summed E-state index contributed by atoms with van der Waals surface area (Å²) in [6, 6.07) is 0. The Balaban J connectivity index is 4.04. The molecule has 0 heterocycles. The van der Waals surface area contributed by atoms with Crippen molar-refractivity contribution in [3.8, 4) is 0 Å². The lowest BCUT2D eigenvalue weighted by atomic mass is 10.1. The summed E-state index contributed by atoms with van der Waals surface area (Å²) >= 11 is 5.34. The van der Waals surface area contributed by atoms with Crippen LogP contribution in [-0.2, 0) is 4.79 Å². The van der Waals surface area contributed by atoms with Crippen molar-refractivity contribution in [2.45, 2.75) is 19.8 Å². The Bertz CT molecular complexity index is 159. The summed E-state index contributed by atoms with van der Waals surface area (Å²) in [4.78, 5) is 11.0. The highest BCUT2D eigenvalue weighted by Crippen LogP contribution is 2.04. The predicted molar refractivity (Wildman–Crippen MR) is 44.0 cm³/mol. The fourth-order valence-corrected chi connectivity index (χ4v) is 0.801. The Morgan fingerprint density at radius 3 is 2.60 bits per heavy atom. The van der Waals surface area contributed by atoms with Gasteiger partial charge in [0.2, 0.25) is 0 Å². The molecule has 10 heavy (non-hydrogen) atoms. The monoisotopic (exact) mass is 158 g/mol. The van der Waals surface area contributed by atoms with Crippen molar-refractivity contribution in [3.05, 3.63) is 23.8 Å². The zero-order valence-electron chi connectivity index (χ0n) is 6.06. The number of carbonyl (C=O) groups excluding carboxylic acids is 1. The van der Waals surface area contributed by atoms with Crippen LogP contribution in [0.5, 0.6) is 0 Å². The van der Waals surface area contributed by atoms with Gasteiger partial charge in [0.25, 0.3) is 0 Å². The van der Waals surface area contributed by atoms with Gasteiger partial charge >= 0.3 is 0 Å². The van der Waals surface area contributed by atoms with Crippen molar-refractivity contribution in [2.24, 2.45) is 0 Å². The Morgan fingerprint density at radius 1 is 1.70 bits per heavy atom. The first-order valence-corrected chi connectivity index (χ1v) is 3.66. The Kier molecular flexibility index (Phi) is 4.95. The van der Waals surface area contributed by atoms with Gasteiger partial charge in [-0.3, -0.25) is 4.79 Å². The highest BCUT2D eigenvalue weighted by molar-refractivity contribution is 6.28. The standard InChI is InChI=1S/C8H11ClO/c1-3-5-8(10)7(4-2)6-9/h4,6H,2-3,5H2,1H3. The molecule has 56 valence electrons. The molecule has 0 amide bonds. The van der Waals surface area contributed by atoms with E-state index in [1.807, 2.05) is 6.92 Å². The van der Waals surface area contributed by atoms with E-state index in [1.165, 1.54) is 11.6 Å². The van der Waals surface area contributed by atoms with Crippen LogP contribution < -0.4 is 0 Å². The van der Waals surface area contributed by atoms with E-state index in [2.05, 4.69) is 6.58 Å². The van der Waals surface area contributed by atoms with Gasteiger partial charge in [-0.2, -0.15) is 0 Å². The molecule has 0 unspecified atom stereocenters. The van der Waals surface area contributed by atoms with Gasteiger partial charge in [-0.15, -0.1) is 0 Å². The molecule has 0 N–H and O–H groups in total. The van der Waals surface area contributed by atoms with Gasteiger partial charge in [0, 0.05) is 17.5 Å². The Morgan fingerprint density at radius 2 is 2.30 bits per heavy atom. The summed E-state index contributed by atoms with van der Waals surface area (Å²) in [6.45, 7) is 5.41. The van der Waals surface area contributed by atoms with Crippen LogP contribution in [0.1, 0.15) is 19.8 Å². The van der Waals surface area contributed by atoms with Gasteiger partial charge in [0.15, 0.2) is 5.78 Å². The maximum absolute atomic E-state index is 11.0. The maximum Gasteiger partial charge on any atom is 0.163 e. The summed E-state index contributed by atoms with van der Waals surface area (Å²) in [5, 5.41) is 0. The van der Waals surface area contributed by atoms with Gasteiger partial charge in [-0.1, -0.05) is 31.2 Å². The lowest BCUT2D eigenvalue weighted by Gasteiger charge is -1.95. The van der Waals surface area contributed by atoms with E-state index in [-0.39, 0.29) is 5.78 Å². The second-order valence-electron chi connectivity index (χ2n) is 1.94. The van der Waals surface area contributed by atoms with Crippen LogP contribution in [-0.4, -0.2) is 5.78 Å². The van der Waals surface area contributed by atoms with Crippen molar-refractivity contribution in [1.29, 1.82) is 0 Å². The first-order valence-electron chi connectivity index (χ1n) is 3.22. The molecule has 0 bridgehead atoms. The minimum atomic E-state index is 0.0625. The van der Waals surface area contributed by atoms with Gasteiger partial charge < -0.3 is 0 Å². The summed E-state index contributed by atoms with van der Waals surface area (Å²) in [7, 11) is 0. The summed E-state index contributed by atoms with van der Waals surface area (Å²) in [5.41, 5.74) is 1.77. The SMILES string of the molecule is C=CC(=CCl)C(=O)CCC. The van der Waals surface area contributed by atoms with Crippen LogP contribution in [0.4, 0.5) is 0 Å². The topological polar surface area (TPSA) is 17.1 Å². The molecule has 0 aromatic rings. The lowest BCUT2D eigenvalue weighted by molar-refractivity contribution is -0.115. The fourth-order valence-electron chi connectivity index (χ4n) is 0.591. The Hall–Kier alpha value is -0.560. The summed E-state index contributed by atoms with van der Waals surface area (Å²) < 4.78 is 0. The number of hydrogen-bond donors (Lipinski definition) is 0. The molecule has 0 atom stereocenters. The number of Topliss-reactive ketones (excluding diaryl/α,β-unsaturated/α-hetero) is 1. The fraction of sp³-hybridized carbons (Fsp3) is 0.375. The normalized spacial score (nSPS) is 11.2. The average Bonchev–Trinajstić information content (AvgIpc) is 1.91. The molecule has 0 fully saturated rings. The number of allylic oxidation sites excluding steroid dienone is 2. The molecule has 0 aliphatic heterocycles. The van der Waals surface area contributed by atoms with Crippen LogP contribution >= 0.6 is 11.6 Å². The van der Waals surface area contributed by atoms with E-state index in [9.17, 15) is 4.79 Å². The number of carbonyl (C=O) groups is 1. The third-order valence-electron chi connectivity index (χ3n) is 1.14. The summed E-state index contributed by atoms with van der Waals surface area (Å²) in [5.74, 6) is 0.0625. The van der Waals surface area contributed by atoms with Crippen LogP contribution in [0.15, 0.2) is 23.8 Å². The second kappa shape index (κ2) is 5.24. The van der Waals surface area contributed by atoms with E-state index < -0.39 is 0 Å². The number of rotatable bonds is 4. The molecule has 0 aliphatic carbocycles. The van der Waals surface area contributed by atoms with Crippen LogP contribution in [0.25, 0.3) is 0 Å². The largest absolute Gasteiger partial charge is 0.294 e. The number of hydrogen-bond acceptors (Lipinski definition) is 1.